The molecule has 144 valence electrons. The first kappa shape index (κ1) is 19.4. The zero-order valence-electron chi connectivity index (χ0n) is 15.3. The smallest absolute Gasteiger partial charge is 0.271 e. The van der Waals surface area contributed by atoms with Crippen LogP contribution in [0.3, 0.4) is 0 Å². The Morgan fingerprint density at radius 2 is 1.96 bits per heavy atom. The average Bonchev–Trinajstić information content (AvgIpc) is 3.09. The second-order valence-electron chi connectivity index (χ2n) is 6.05. The van der Waals surface area contributed by atoms with Crippen LogP contribution < -0.4 is 5.43 Å². The first-order chi connectivity index (χ1) is 13.4. The van der Waals surface area contributed by atoms with Crippen molar-refractivity contribution in [3.05, 3.63) is 65.5 Å². The van der Waals surface area contributed by atoms with Crippen molar-refractivity contribution < 1.29 is 15.0 Å². The first-order valence-electron chi connectivity index (χ1n) is 8.37. The maximum absolute atomic E-state index is 12.3. The van der Waals surface area contributed by atoms with E-state index in [1.807, 2.05) is 23.7 Å². The number of benzene rings is 2. The van der Waals surface area contributed by atoms with Crippen molar-refractivity contribution in [2.24, 2.45) is 12.1 Å². The summed E-state index contributed by atoms with van der Waals surface area (Å²) in [6.07, 6.45) is 1.65. The summed E-state index contributed by atoms with van der Waals surface area (Å²) < 4.78 is 1.85. The van der Waals surface area contributed by atoms with Gasteiger partial charge in [0.1, 0.15) is 17.8 Å². The Bertz CT molecular complexity index is 1010. The lowest BCUT2D eigenvalue weighted by atomic mass is 10.1. The molecule has 28 heavy (non-hydrogen) atoms. The van der Waals surface area contributed by atoms with E-state index < -0.39 is 0 Å². The quantitative estimate of drug-likeness (QED) is 0.335. The highest BCUT2D eigenvalue weighted by Crippen LogP contribution is 2.23. The Morgan fingerprint density at radius 1 is 1.21 bits per heavy atom. The van der Waals surface area contributed by atoms with Crippen molar-refractivity contribution >= 4 is 23.4 Å². The van der Waals surface area contributed by atoms with E-state index in [9.17, 15) is 15.0 Å². The fourth-order valence-corrected chi connectivity index (χ4v) is 3.23. The molecule has 0 unspecified atom stereocenters. The molecule has 0 spiro atoms. The molecule has 0 bridgehead atoms. The van der Waals surface area contributed by atoms with Crippen molar-refractivity contribution in [3.63, 3.8) is 0 Å². The number of phenolic OH excluding ortho intramolecular Hbond substituents is 2. The molecule has 1 aromatic heterocycles. The van der Waals surface area contributed by atoms with E-state index in [4.69, 9.17) is 0 Å². The van der Waals surface area contributed by atoms with Gasteiger partial charge in [-0.05, 0) is 36.8 Å². The summed E-state index contributed by atoms with van der Waals surface area (Å²) in [7, 11) is 1.89. The Morgan fingerprint density at radius 3 is 2.61 bits per heavy atom. The van der Waals surface area contributed by atoms with Gasteiger partial charge in [0.2, 0.25) is 0 Å². The normalized spacial score (nSPS) is 11.4. The van der Waals surface area contributed by atoms with Crippen LogP contribution >= 0.6 is 11.8 Å². The molecule has 0 aliphatic rings. The molecule has 2 aromatic carbocycles. The van der Waals surface area contributed by atoms with Gasteiger partial charge >= 0.3 is 0 Å². The van der Waals surface area contributed by atoms with Gasteiger partial charge in [-0.1, -0.05) is 23.9 Å². The standard InChI is InChI=1S/C19H19N5O3S/c1-12(16-8-7-15(25)9-17(16)26)21-22-18(27)14-5-3-13(4-6-14)10-28-19-23-20-11-24(19)2/h3-9,11,25-26H,10H2,1-2H3,(H,22,27)/b21-12+. The number of carbonyl (C=O) groups excluding carboxylic acids is 1. The van der Waals surface area contributed by atoms with E-state index in [1.165, 1.54) is 18.2 Å². The molecule has 9 heteroatoms. The van der Waals surface area contributed by atoms with Crippen LogP contribution in [0.1, 0.15) is 28.4 Å². The van der Waals surface area contributed by atoms with Gasteiger partial charge in [-0.15, -0.1) is 10.2 Å². The van der Waals surface area contributed by atoms with E-state index in [1.54, 1.807) is 37.1 Å². The number of nitrogens with zero attached hydrogens (tertiary/aromatic N) is 4. The van der Waals surface area contributed by atoms with Crippen molar-refractivity contribution in [1.29, 1.82) is 0 Å². The highest BCUT2D eigenvalue weighted by molar-refractivity contribution is 7.98. The van der Waals surface area contributed by atoms with Gasteiger partial charge in [-0.2, -0.15) is 5.10 Å². The Hall–Kier alpha value is -3.33. The summed E-state index contributed by atoms with van der Waals surface area (Å²) in [5.74, 6) is 0.201. The lowest BCUT2D eigenvalue weighted by Gasteiger charge is -2.06. The fraction of sp³-hybridized carbons (Fsp3) is 0.158. The second kappa shape index (κ2) is 8.57. The van der Waals surface area contributed by atoms with Crippen molar-refractivity contribution in [1.82, 2.24) is 20.2 Å². The average molecular weight is 397 g/mol. The van der Waals surface area contributed by atoms with Gasteiger partial charge in [0.25, 0.3) is 5.91 Å². The number of thioether (sulfide) groups is 1. The minimum absolute atomic E-state index is 0.0458. The maximum Gasteiger partial charge on any atom is 0.271 e. The van der Waals surface area contributed by atoms with Gasteiger partial charge in [0.05, 0.1) is 5.71 Å². The highest BCUT2D eigenvalue weighted by Gasteiger charge is 2.09. The van der Waals surface area contributed by atoms with E-state index >= 15 is 0 Å². The lowest BCUT2D eigenvalue weighted by molar-refractivity contribution is 0.0955. The van der Waals surface area contributed by atoms with E-state index in [0.717, 1.165) is 10.7 Å². The van der Waals surface area contributed by atoms with Crippen LogP contribution in [0, 0.1) is 0 Å². The molecule has 8 nitrogen and oxygen atoms in total. The van der Waals surface area contributed by atoms with Crippen LogP contribution in [0.4, 0.5) is 0 Å². The number of hydrogen-bond donors (Lipinski definition) is 3. The van der Waals surface area contributed by atoms with E-state index in [-0.39, 0.29) is 17.4 Å². The molecule has 0 aliphatic heterocycles. The summed E-state index contributed by atoms with van der Waals surface area (Å²) in [4.78, 5) is 12.3. The number of amides is 1. The van der Waals surface area contributed by atoms with Gasteiger partial charge in [-0.3, -0.25) is 4.79 Å². The molecule has 0 radical (unpaired) electrons. The summed E-state index contributed by atoms with van der Waals surface area (Å²) >= 11 is 1.56. The van der Waals surface area contributed by atoms with Crippen LogP contribution in [-0.2, 0) is 12.8 Å². The van der Waals surface area contributed by atoms with Crippen molar-refractivity contribution in [3.8, 4) is 11.5 Å². The predicted octanol–water partition coefficient (Wildman–Crippen LogP) is 2.67. The molecule has 0 saturated carbocycles. The second-order valence-corrected chi connectivity index (χ2v) is 6.99. The molecule has 1 amide bonds. The van der Waals surface area contributed by atoms with Crippen LogP contribution in [-0.4, -0.2) is 36.6 Å². The number of aromatic nitrogens is 3. The lowest BCUT2D eigenvalue weighted by Crippen LogP contribution is -2.19. The molecule has 3 aromatic rings. The first-order valence-corrected chi connectivity index (χ1v) is 9.35. The molecular weight excluding hydrogens is 378 g/mol. The molecule has 0 fully saturated rings. The summed E-state index contributed by atoms with van der Waals surface area (Å²) in [5.41, 5.74) is 4.84. The van der Waals surface area contributed by atoms with E-state index in [0.29, 0.717) is 22.6 Å². The molecule has 0 atom stereocenters. The Balaban J connectivity index is 1.60. The maximum atomic E-state index is 12.3. The third kappa shape index (κ3) is 4.68. The number of aryl methyl sites for hydroxylation is 1. The van der Waals surface area contributed by atoms with Crippen LogP contribution in [0.5, 0.6) is 11.5 Å². The largest absolute Gasteiger partial charge is 0.508 e. The van der Waals surface area contributed by atoms with Crippen LogP contribution in [0.25, 0.3) is 0 Å². The predicted molar refractivity (Wildman–Crippen MR) is 106 cm³/mol. The monoisotopic (exact) mass is 397 g/mol. The number of hydrogen-bond acceptors (Lipinski definition) is 7. The molecule has 0 aliphatic carbocycles. The Labute approximate surface area is 165 Å². The number of aromatic hydroxyl groups is 2. The van der Waals surface area contributed by atoms with Gasteiger partial charge in [0, 0.05) is 30.0 Å². The van der Waals surface area contributed by atoms with Crippen molar-refractivity contribution in [2.75, 3.05) is 0 Å². The molecule has 1 heterocycles. The van der Waals surface area contributed by atoms with Crippen LogP contribution in [0.15, 0.2) is 59.0 Å². The SMILES string of the molecule is C/C(=N\NC(=O)c1ccc(CSc2nncn2C)cc1)c1ccc(O)cc1O. The third-order valence-corrected chi connectivity index (χ3v) is 5.06. The summed E-state index contributed by atoms with van der Waals surface area (Å²) in [6, 6.07) is 11.4. The van der Waals surface area contributed by atoms with E-state index in [2.05, 4.69) is 20.7 Å². The topological polar surface area (TPSA) is 113 Å². The van der Waals surface area contributed by atoms with Gasteiger partial charge in [0.15, 0.2) is 5.16 Å². The molecule has 0 saturated heterocycles. The number of rotatable bonds is 6. The van der Waals surface area contributed by atoms with Crippen LogP contribution in [0.2, 0.25) is 0 Å². The molecular formula is C19H19N5O3S. The number of carbonyl (C=O) groups is 1. The zero-order valence-corrected chi connectivity index (χ0v) is 16.1. The van der Waals surface area contributed by atoms with Crippen molar-refractivity contribution in [2.45, 2.75) is 17.8 Å². The Kier molecular flexibility index (Phi) is 5.95. The minimum Gasteiger partial charge on any atom is -0.508 e. The van der Waals surface area contributed by atoms with Gasteiger partial charge in [-0.25, -0.2) is 5.43 Å². The highest BCUT2D eigenvalue weighted by atomic mass is 32.2. The number of phenols is 2. The summed E-state index contributed by atoms with van der Waals surface area (Å²) in [5, 5.41) is 31.9. The third-order valence-electron chi connectivity index (χ3n) is 3.95. The number of nitrogens with one attached hydrogen (secondary N) is 1. The fourth-order valence-electron chi connectivity index (χ4n) is 2.39. The molecule has 3 rings (SSSR count). The summed E-state index contributed by atoms with van der Waals surface area (Å²) in [6.45, 7) is 1.65. The minimum atomic E-state index is -0.356. The number of hydrazone groups is 1. The molecule has 3 N–H and O–H groups in total. The van der Waals surface area contributed by atoms with Gasteiger partial charge < -0.3 is 14.8 Å². The zero-order chi connectivity index (χ0) is 20.1.